The summed E-state index contributed by atoms with van der Waals surface area (Å²) in [5.41, 5.74) is 6.18. The minimum absolute atomic E-state index is 0.401. The maximum absolute atomic E-state index is 5.77. The lowest BCUT2D eigenvalue weighted by atomic mass is 9.76. The molecule has 0 saturated carbocycles. The molecule has 19 heavy (non-hydrogen) atoms. The molecule has 0 aromatic heterocycles. The molecule has 2 N–H and O–H groups in total. The van der Waals surface area contributed by atoms with E-state index in [1.54, 1.807) is 0 Å². The molecule has 0 radical (unpaired) electrons. The van der Waals surface area contributed by atoms with Crippen LogP contribution in [-0.2, 0) is 0 Å². The highest BCUT2D eigenvalue weighted by atomic mass is 15.2. The fourth-order valence-electron chi connectivity index (χ4n) is 3.65. The number of rotatable bonds is 6. The Kier molecular flexibility index (Phi) is 6.82. The van der Waals surface area contributed by atoms with E-state index < -0.39 is 0 Å². The number of nitrogens with zero attached hydrogens (tertiary/aromatic N) is 1. The molecule has 0 aromatic carbocycles. The van der Waals surface area contributed by atoms with Crippen LogP contribution in [0, 0.1) is 11.3 Å². The van der Waals surface area contributed by atoms with E-state index in [1.165, 1.54) is 45.1 Å². The molecule has 1 unspecified atom stereocenters. The van der Waals surface area contributed by atoms with Crippen LogP contribution < -0.4 is 5.73 Å². The first-order chi connectivity index (χ1) is 8.86. The van der Waals surface area contributed by atoms with Crippen molar-refractivity contribution in [2.45, 2.75) is 85.2 Å². The minimum atomic E-state index is 0.401. The fourth-order valence-corrected chi connectivity index (χ4v) is 3.65. The Hall–Kier alpha value is -0.0800. The Morgan fingerprint density at radius 3 is 2.16 bits per heavy atom. The molecule has 1 fully saturated rings. The predicted octanol–water partition coefficient (Wildman–Crippen LogP) is 4.04. The number of piperidine rings is 1. The van der Waals surface area contributed by atoms with E-state index in [-0.39, 0.29) is 0 Å². The van der Waals surface area contributed by atoms with Gasteiger partial charge in [-0.3, -0.25) is 4.90 Å². The van der Waals surface area contributed by atoms with Gasteiger partial charge < -0.3 is 5.73 Å². The predicted molar refractivity (Wildman–Crippen MR) is 85.3 cm³/mol. The zero-order chi connectivity index (χ0) is 14.5. The maximum atomic E-state index is 5.77. The van der Waals surface area contributed by atoms with Crippen molar-refractivity contribution in [1.29, 1.82) is 0 Å². The second-order valence-corrected chi connectivity index (χ2v) is 7.65. The molecule has 0 spiro atoms. The van der Waals surface area contributed by atoms with E-state index >= 15 is 0 Å². The summed E-state index contributed by atoms with van der Waals surface area (Å²) in [6, 6.07) is 1.57. The number of hydrogen-bond acceptors (Lipinski definition) is 2. The summed E-state index contributed by atoms with van der Waals surface area (Å²) in [6.07, 6.45) is 8.02. The van der Waals surface area contributed by atoms with Crippen molar-refractivity contribution in [3.63, 3.8) is 0 Å². The second-order valence-electron chi connectivity index (χ2n) is 7.65. The molecule has 3 atom stereocenters. The van der Waals surface area contributed by atoms with Crippen LogP contribution in [0.5, 0.6) is 0 Å². The van der Waals surface area contributed by atoms with Crippen LogP contribution in [0.3, 0.4) is 0 Å². The van der Waals surface area contributed by atoms with Crippen molar-refractivity contribution in [3.8, 4) is 0 Å². The summed E-state index contributed by atoms with van der Waals surface area (Å²) in [7, 11) is 0. The Morgan fingerprint density at radius 1 is 1.11 bits per heavy atom. The number of hydrogen-bond donors (Lipinski definition) is 1. The van der Waals surface area contributed by atoms with Gasteiger partial charge in [-0.1, -0.05) is 27.2 Å². The highest BCUT2D eigenvalue weighted by molar-refractivity contribution is 4.80. The van der Waals surface area contributed by atoms with E-state index in [4.69, 9.17) is 5.73 Å². The topological polar surface area (TPSA) is 29.3 Å². The zero-order valence-electron chi connectivity index (χ0n) is 13.9. The summed E-state index contributed by atoms with van der Waals surface area (Å²) in [6.45, 7) is 14.0. The molecule has 1 heterocycles. The molecular formula is C17H36N2. The second kappa shape index (κ2) is 7.64. The van der Waals surface area contributed by atoms with E-state index in [1.807, 2.05) is 0 Å². The van der Waals surface area contributed by atoms with Gasteiger partial charge in [0.1, 0.15) is 0 Å². The molecule has 1 saturated heterocycles. The first-order valence-corrected chi connectivity index (χ1v) is 8.32. The first-order valence-electron chi connectivity index (χ1n) is 8.32. The van der Waals surface area contributed by atoms with E-state index in [0.29, 0.717) is 5.41 Å². The summed E-state index contributed by atoms with van der Waals surface area (Å²) in [4.78, 5) is 2.73. The van der Waals surface area contributed by atoms with Crippen LogP contribution in [0.15, 0.2) is 0 Å². The fraction of sp³-hybridized carbons (Fsp3) is 1.00. The molecule has 1 rings (SSSR count). The molecule has 0 amide bonds. The highest BCUT2D eigenvalue weighted by Crippen LogP contribution is 2.32. The monoisotopic (exact) mass is 268 g/mol. The van der Waals surface area contributed by atoms with Gasteiger partial charge in [0.15, 0.2) is 0 Å². The van der Waals surface area contributed by atoms with Gasteiger partial charge in [-0.25, -0.2) is 0 Å². The van der Waals surface area contributed by atoms with E-state index in [2.05, 4.69) is 39.5 Å². The van der Waals surface area contributed by atoms with Crippen LogP contribution >= 0.6 is 0 Å². The average molecular weight is 268 g/mol. The van der Waals surface area contributed by atoms with E-state index in [9.17, 15) is 0 Å². The standard InChI is InChI=1S/C17H36N2/c1-14-8-6-9-15(2)19(14)13-7-10-16(11-12-18)17(3,4)5/h14-16H,6-13,18H2,1-5H3/t14-,15+,16?. The van der Waals surface area contributed by atoms with Crippen molar-refractivity contribution in [1.82, 2.24) is 4.90 Å². The minimum Gasteiger partial charge on any atom is -0.330 e. The van der Waals surface area contributed by atoms with Gasteiger partial charge in [-0.2, -0.15) is 0 Å². The van der Waals surface area contributed by atoms with Crippen molar-refractivity contribution < 1.29 is 0 Å². The van der Waals surface area contributed by atoms with Crippen molar-refractivity contribution in [2.24, 2.45) is 17.1 Å². The van der Waals surface area contributed by atoms with Crippen LogP contribution in [0.2, 0.25) is 0 Å². The van der Waals surface area contributed by atoms with Gasteiger partial charge in [0, 0.05) is 12.1 Å². The van der Waals surface area contributed by atoms with Crippen LogP contribution in [-0.4, -0.2) is 30.1 Å². The summed E-state index contributed by atoms with van der Waals surface area (Å²) in [5.74, 6) is 0.771. The van der Waals surface area contributed by atoms with Gasteiger partial charge in [0.2, 0.25) is 0 Å². The van der Waals surface area contributed by atoms with Crippen LogP contribution in [0.25, 0.3) is 0 Å². The average Bonchev–Trinajstić information content (AvgIpc) is 2.30. The van der Waals surface area contributed by atoms with Crippen molar-refractivity contribution in [3.05, 3.63) is 0 Å². The maximum Gasteiger partial charge on any atom is 0.00697 e. The smallest absolute Gasteiger partial charge is 0.00697 e. The normalized spacial score (nSPS) is 27.5. The van der Waals surface area contributed by atoms with Crippen molar-refractivity contribution >= 4 is 0 Å². The van der Waals surface area contributed by atoms with Crippen LogP contribution in [0.1, 0.15) is 73.1 Å². The number of likely N-dealkylation sites (tertiary alicyclic amines) is 1. The first kappa shape index (κ1) is 17.0. The Morgan fingerprint density at radius 2 is 1.68 bits per heavy atom. The Bertz CT molecular complexity index is 232. The molecule has 1 aliphatic rings. The Labute approximate surface area is 121 Å². The molecule has 2 nitrogen and oxygen atoms in total. The molecule has 0 bridgehead atoms. The largest absolute Gasteiger partial charge is 0.330 e. The SMILES string of the molecule is C[C@@H]1CCC[C@H](C)N1CCCC(CCN)C(C)(C)C. The van der Waals surface area contributed by atoms with E-state index in [0.717, 1.165) is 24.5 Å². The lowest BCUT2D eigenvalue weighted by Crippen LogP contribution is -2.44. The molecule has 114 valence electrons. The molecule has 1 aliphatic heterocycles. The summed E-state index contributed by atoms with van der Waals surface area (Å²) < 4.78 is 0. The molecule has 2 heteroatoms. The lowest BCUT2D eigenvalue weighted by Gasteiger charge is -2.39. The van der Waals surface area contributed by atoms with Gasteiger partial charge in [0.05, 0.1) is 0 Å². The Balaban J connectivity index is 2.38. The summed E-state index contributed by atoms with van der Waals surface area (Å²) in [5, 5.41) is 0. The zero-order valence-corrected chi connectivity index (χ0v) is 13.9. The highest BCUT2D eigenvalue weighted by Gasteiger charge is 2.26. The molecule has 0 aromatic rings. The van der Waals surface area contributed by atoms with Gasteiger partial charge >= 0.3 is 0 Å². The van der Waals surface area contributed by atoms with Gasteiger partial charge in [-0.15, -0.1) is 0 Å². The third kappa shape index (κ3) is 5.43. The van der Waals surface area contributed by atoms with Crippen LogP contribution in [0.4, 0.5) is 0 Å². The lowest BCUT2D eigenvalue weighted by molar-refractivity contribution is 0.0949. The third-order valence-electron chi connectivity index (χ3n) is 5.08. The molecule has 0 aliphatic carbocycles. The van der Waals surface area contributed by atoms with Crippen molar-refractivity contribution in [2.75, 3.05) is 13.1 Å². The third-order valence-corrected chi connectivity index (χ3v) is 5.08. The quantitative estimate of drug-likeness (QED) is 0.787. The summed E-state index contributed by atoms with van der Waals surface area (Å²) >= 11 is 0. The number of nitrogens with two attached hydrogens (primary N) is 1. The van der Waals surface area contributed by atoms with Gasteiger partial charge in [-0.05, 0) is 70.4 Å². The van der Waals surface area contributed by atoms with Gasteiger partial charge in [0.25, 0.3) is 0 Å². The molecular weight excluding hydrogens is 232 g/mol.